The van der Waals surface area contributed by atoms with Gasteiger partial charge >= 0.3 is 0 Å². The summed E-state index contributed by atoms with van der Waals surface area (Å²) in [5.41, 5.74) is 5.91. The molecule has 2 aliphatic heterocycles. The molecule has 0 bridgehead atoms. The number of rotatable bonds is 4. The zero-order valence-electron chi connectivity index (χ0n) is 20.1. The number of carbonyl (C=O) groups excluding carboxylic acids is 2. The quantitative estimate of drug-likeness (QED) is 0.600. The van der Waals surface area contributed by atoms with Crippen molar-refractivity contribution < 1.29 is 9.59 Å². The lowest BCUT2D eigenvalue weighted by atomic mass is 10.0. The van der Waals surface area contributed by atoms with Gasteiger partial charge in [-0.3, -0.25) is 9.59 Å². The zero-order chi connectivity index (χ0) is 23.8. The largest absolute Gasteiger partial charge is 0.352 e. The first-order valence-electron chi connectivity index (χ1n) is 12.1. The van der Waals surface area contributed by atoms with E-state index in [0.717, 1.165) is 45.8 Å². The number of benzene rings is 2. The third-order valence-electron chi connectivity index (χ3n) is 7.06. The van der Waals surface area contributed by atoms with Gasteiger partial charge in [-0.2, -0.15) is 0 Å². The Morgan fingerprint density at radius 1 is 0.971 bits per heavy atom. The Kier molecular flexibility index (Phi) is 5.94. The van der Waals surface area contributed by atoms with Crippen molar-refractivity contribution in [1.82, 2.24) is 14.9 Å². The molecule has 2 aromatic carbocycles. The Morgan fingerprint density at radius 3 is 2.38 bits per heavy atom. The van der Waals surface area contributed by atoms with Crippen molar-refractivity contribution in [2.75, 3.05) is 42.5 Å². The SMILES string of the molecule is CCc1cccc(C)c1N1CC(C(=O)N2CCN(c3nc4ccccc4nc3C)CC2)CC1=O. The number of aryl methyl sites for hydroxylation is 3. The van der Waals surface area contributed by atoms with Gasteiger partial charge in [-0.05, 0) is 43.5 Å². The van der Waals surface area contributed by atoms with Crippen LogP contribution in [-0.2, 0) is 16.0 Å². The van der Waals surface area contributed by atoms with Crippen molar-refractivity contribution in [3.63, 3.8) is 0 Å². The number of amides is 2. The molecule has 3 heterocycles. The van der Waals surface area contributed by atoms with E-state index in [-0.39, 0.29) is 24.2 Å². The van der Waals surface area contributed by atoms with Crippen molar-refractivity contribution >= 4 is 34.4 Å². The highest BCUT2D eigenvalue weighted by atomic mass is 16.2. The number of hydrogen-bond donors (Lipinski definition) is 0. The second-order valence-corrected chi connectivity index (χ2v) is 9.28. The molecule has 0 saturated carbocycles. The fourth-order valence-electron chi connectivity index (χ4n) is 5.26. The predicted octanol–water partition coefficient (Wildman–Crippen LogP) is 3.51. The molecule has 0 radical (unpaired) electrons. The third-order valence-corrected chi connectivity index (χ3v) is 7.06. The van der Waals surface area contributed by atoms with Gasteiger partial charge in [-0.25, -0.2) is 9.97 Å². The van der Waals surface area contributed by atoms with Gasteiger partial charge < -0.3 is 14.7 Å². The van der Waals surface area contributed by atoms with Crippen LogP contribution in [-0.4, -0.2) is 59.4 Å². The average Bonchev–Trinajstić information content (AvgIpc) is 3.24. The minimum absolute atomic E-state index is 0.0445. The molecule has 2 saturated heterocycles. The van der Waals surface area contributed by atoms with Crippen LogP contribution >= 0.6 is 0 Å². The van der Waals surface area contributed by atoms with Crippen LogP contribution in [0.15, 0.2) is 42.5 Å². The van der Waals surface area contributed by atoms with Crippen molar-refractivity contribution in [2.24, 2.45) is 5.92 Å². The molecule has 2 aliphatic rings. The molecular formula is C27H31N5O2. The molecule has 0 N–H and O–H groups in total. The number of fused-ring (bicyclic) bond motifs is 1. The summed E-state index contributed by atoms with van der Waals surface area (Å²) in [6.45, 7) is 9.26. The number of piperazine rings is 1. The van der Waals surface area contributed by atoms with E-state index in [9.17, 15) is 9.59 Å². The van der Waals surface area contributed by atoms with E-state index < -0.39 is 0 Å². The van der Waals surface area contributed by atoms with E-state index >= 15 is 0 Å². The first-order chi connectivity index (χ1) is 16.5. The van der Waals surface area contributed by atoms with Crippen molar-refractivity contribution in [2.45, 2.75) is 33.6 Å². The van der Waals surface area contributed by atoms with Gasteiger partial charge in [-0.15, -0.1) is 0 Å². The van der Waals surface area contributed by atoms with Crippen LogP contribution in [0.25, 0.3) is 11.0 Å². The van der Waals surface area contributed by atoms with Crippen LogP contribution in [0.1, 0.15) is 30.2 Å². The Labute approximate surface area is 200 Å². The lowest BCUT2D eigenvalue weighted by Gasteiger charge is -2.37. The number of carbonyl (C=O) groups is 2. The molecule has 34 heavy (non-hydrogen) atoms. The topological polar surface area (TPSA) is 69.6 Å². The van der Waals surface area contributed by atoms with Gasteiger partial charge in [0.25, 0.3) is 0 Å². The van der Waals surface area contributed by atoms with E-state index in [4.69, 9.17) is 9.97 Å². The van der Waals surface area contributed by atoms with E-state index in [0.29, 0.717) is 32.7 Å². The van der Waals surface area contributed by atoms with Crippen LogP contribution in [0.4, 0.5) is 11.5 Å². The third kappa shape index (κ3) is 4.00. The van der Waals surface area contributed by atoms with E-state index in [2.05, 4.69) is 17.9 Å². The molecule has 1 aromatic heterocycles. The maximum atomic E-state index is 13.3. The Hall–Kier alpha value is -3.48. The molecule has 7 nitrogen and oxygen atoms in total. The Balaban J connectivity index is 1.26. The summed E-state index contributed by atoms with van der Waals surface area (Å²) >= 11 is 0. The number of anilines is 2. The molecule has 0 aliphatic carbocycles. The van der Waals surface area contributed by atoms with Crippen molar-refractivity contribution in [3.05, 3.63) is 59.3 Å². The Morgan fingerprint density at radius 2 is 1.68 bits per heavy atom. The van der Waals surface area contributed by atoms with Crippen molar-refractivity contribution in [3.8, 4) is 0 Å². The second kappa shape index (κ2) is 9.05. The maximum absolute atomic E-state index is 13.3. The van der Waals surface area contributed by atoms with E-state index in [1.54, 1.807) is 0 Å². The summed E-state index contributed by atoms with van der Waals surface area (Å²) in [7, 11) is 0. The highest BCUT2D eigenvalue weighted by Crippen LogP contribution is 2.32. The lowest BCUT2D eigenvalue weighted by molar-refractivity contribution is -0.136. The number of hydrogen-bond acceptors (Lipinski definition) is 5. The molecular weight excluding hydrogens is 426 g/mol. The summed E-state index contributed by atoms with van der Waals surface area (Å²) in [6.07, 6.45) is 1.14. The summed E-state index contributed by atoms with van der Waals surface area (Å²) in [5, 5.41) is 0. The maximum Gasteiger partial charge on any atom is 0.228 e. The molecule has 5 rings (SSSR count). The van der Waals surface area contributed by atoms with Crippen LogP contribution in [0, 0.1) is 19.8 Å². The minimum Gasteiger partial charge on any atom is -0.352 e. The Bertz CT molecular complexity index is 1250. The molecule has 2 fully saturated rings. The zero-order valence-corrected chi connectivity index (χ0v) is 20.1. The molecule has 176 valence electrons. The normalized spacial score (nSPS) is 18.7. The molecule has 7 heteroatoms. The fourth-order valence-corrected chi connectivity index (χ4v) is 5.26. The summed E-state index contributed by atoms with van der Waals surface area (Å²) < 4.78 is 0. The standard InChI is InChI=1S/C27H31N5O2/c1-4-20-9-7-8-18(2)25(20)32-17-21(16-24(32)33)27(34)31-14-12-30(13-15-31)26-19(3)28-22-10-5-6-11-23(22)29-26/h5-11,21H,4,12-17H2,1-3H3. The van der Waals surface area contributed by atoms with Crippen LogP contribution < -0.4 is 9.80 Å². The average molecular weight is 458 g/mol. The molecule has 1 unspecified atom stereocenters. The number of para-hydroxylation sites is 3. The minimum atomic E-state index is -0.287. The molecule has 2 amide bonds. The van der Waals surface area contributed by atoms with E-state index in [1.165, 1.54) is 0 Å². The summed E-state index contributed by atoms with van der Waals surface area (Å²) in [4.78, 5) is 41.8. The fraction of sp³-hybridized carbons (Fsp3) is 0.407. The number of aromatic nitrogens is 2. The summed E-state index contributed by atoms with van der Waals surface area (Å²) in [6, 6.07) is 14.0. The van der Waals surface area contributed by atoms with Gasteiger partial charge in [0.1, 0.15) is 0 Å². The molecule has 1 atom stereocenters. The van der Waals surface area contributed by atoms with Crippen LogP contribution in [0.2, 0.25) is 0 Å². The van der Waals surface area contributed by atoms with Crippen LogP contribution in [0.3, 0.4) is 0 Å². The number of nitrogens with zero attached hydrogens (tertiary/aromatic N) is 5. The van der Waals surface area contributed by atoms with Gasteiger partial charge in [0, 0.05) is 44.8 Å². The molecule has 3 aromatic rings. The van der Waals surface area contributed by atoms with Crippen LogP contribution in [0.5, 0.6) is 0 Å². The first kappa shape index (κ1) is 22.3. The van der Waals surface area contributed by atoms with Crippen molar-refractivity contribution in [1.29, 1.82) is 0 Å². The monoisotopic (exact) mass is 457 g/mol. The lowest BCUT2D eigenvalue weighted by Crippen LogP contribution is -2.51. The van der Waals surface area contributed by atoms with E-state index in [1.807, 2.05) is 60.0 Å². The predicted molar refractivity (Wildman–Crippen MR) is 134 cm³/mol. The first-order valence-corrected chi connectivity index (χ1v) is 12.1. The second-order valence-electron chi connectivity index (χ2n) is 9.28. The van der Waals surface area contributed by atoms with Gasteiger partial charge in [-0.1, -0.05) is 37.3 Å². The van der Waals surface area contributed by atoms with Gasteiger partial charge in [0.2, 0.25) is 11.8 Å². The highest BCUT2D eigenvalue weighted by molar-refractivity contribution is 6.01. The summed E-state index contributed by atoms with van der Waals surface area (Å²) in [5.74, 6) is 0.733. The smallest absolute Gasteiger partial charge is 0.228 e. The highest BCUT2D eigenvalue weighted by Gasteiger charge is 2.39. The van der Waals surface area contributed by atoms with Gasteiger partial charge in [0.15, 0.2) is 5.82 Å². The molecule has 0 spiro atoms. The van der Waals surface area contributed by atoms with Gasteiger partial charge in [0.05, 0.1) is 22.6 Å².